The van der Waals surface area contributed by atoms with Crippen molar-refractivity contribution >= 4 is 17.2 Å². The molecule has 3 rings (SSSR count). The molecule has 0 saturated carbocycles. The van der Waals surface area contributed by atoms with Crippen LogP contribution in [0.1, 0.15) is 5.56 Å². The second-order valence-corrected chi connectivity index (χ2v) is 3.73. The summed E-state index contributed by atoms with van der Waals surface area (Å²) in [6.07, 6.45) is 0. The highest BCUT2D eigenvalue weighted by Gasteiger charge is 2.01. The van der Waals surface area contributed by atoms with Crippen LogP contribution in [0.4, 0.5) is 11.5 Å². The number of anilines is 2. The SMILES string of the molecule is OCc1cccc(Nc2ccc3nnnn3n2)c1. The van der Waals surface area contributed by atoms with Crippen molar-refractivity contribution in [3.05, 3.63) is 42.0 Å². The zero-order chi connectivity index (χ0) is 12.4. The summed E-state index contributed by atoms with van der Waals surface area (Å²) >= 11 is 0. The third-order valence-corrected chi connectivity index (χ3v) is 2.45. The summed E-state index contributed by atoms with van der Waals surface area (Å²) in [5.41, 5.74) is 2.27. The van der Waals surface area contributed by atoms with Crippen LogP contribution in [0.2, 0.25) is 0 Å². The average Bonchev–Trinajstić information content (AvgIpc) is 2.86. The van der Waals surface area contributed by atoms with Crippen LogP contribution in [0, 0.1) is 0 Å². The quantitative estimate of drug-likeness (QED) is 0.704. The molecule has 0 unspecified atom stereocenters. The number of nitrogens with one attached hydrogen (secondary N) is 1. The van der Waals surface area contributed by atoms with Crippen molar-refractivity contribution in [2.75, 3.05) is 5.32 Å². The van der Waals surface area contributed by atoms with E-state index in [1.54, 1.807) is 12.1 Å². The van der Waals surface area contributed by atoms with Crippen LogP contribution in [-0.4, -0.2) is 30.4 Å². The van der Waals surface area contributed by atoms with Gasteiger partial charge in [-0.05, 0) is 40.3 Å². The van der Waals surface area contributed by atoms with Gasteiger partial charge in [0.1, 0.15) is 0 Å². The molecule has 1 aromatic carbocycles. The second kappa shape index (κ2) is 4.38. The van der Waals surface area contributed by atoms with Crippen molar-refractivity contribution in [1.82, 2.24) is 25.3 Å². The molecule has 0 aliphatic rings. The first-order valence-corrected chi connectivity index (χ1v) is 5.37. The van der Waals surface area contributed by atoms with Crippen LogP contribution in [0.15, 0.2) is 36.4 Å². The van der Waals surface area contributed by atoms with Gasteiger partial charge in [0, 0.05) is 5.69 Å². The van der Waals surface area contributed by atoms with Crippen LogP contribution >= 0.6 is 0 Å². The number of rotatable bonds is 3. The lowest BCUT2D eigenvalue weighted by Crippen LogP contribution is -2.00. The number of hydrogen-bond acceptors (Lipinski definition) is 6. The van der Waals surface area contributed by atoms with E-state index in [0.717, 1.165) is 11.3 Å². The lowest BCUT2D eigenvalue weighted by atomic mass is 10.2. The Kier molecular flexibility index (Phi) is 2.58. The van der Waals surface area contributed by atoms with Crippen molar-refractivity contribution in [3.63, 3.8) is 0 Å². The van der Waals surface area contributed by atoms with Crippen LogP contribution in [0.25, 0.3) is 5.65 Å². The van der Waals surface area contributed by atoms with E-state index >= 15 is 0 Å². The molecule has 90 valence electrons. The van der Waals surface area contributed by atoms with Gasteiger partial charge < -0.3 is 10.4 Å². The van der Waals surface area contributed by atoms with Crippen molar-refractivity contribution in [1.29, 1.82) is 0 Å². The zero-order valence-corrected chi connectivity index (χ0v) is 9.35. The predicted molar refractivity (Wildman–Crippen MR) is 64.2 cm³/mol. The fraction of sp³-hybridized carbons (Fsp3) is 0.0909. The molecule has 7 nitrogen and oxygen atoms in total. The van der Waals surface area contributed by atoms with Gasteiger partial charge in [0.15, 0.2) is 11.5 Å². The Morgan fingerprint density at radius 2 is 2.17 bits per heavy atom. The number of tetrazole rings is 1. The van der Waals surface area contributed by atoms with Gasteiger partial charge in [-0.2, -0.15) is 0 Å². The first kappa shape index (κ1) is 10.6. The topological polar surface area (TPSA) is 88.2 Å². The summed E-state index contributed by atoms with van der Waals surface area (Å²) in [7, 11) is 0. The van der Waals surface area contributed by atoms with E-state index in [-0.39, 0.29) is 6.61 Å². The van der Waals surface area contributed by atoms with Crippen molar-refractivity contribution in [3.8, 4) is 0 Å². The van der Waals surface area contributed by atoms with Crippen LogP contribution in [0.5, 0.6) is 0 Å². The second-order valence-electron chi connectivity index (χ2n) is 3.73. The minimum Gasteiger partial charge on any atom is -0.392 e. The maximum atomic E-state index is 9.07. The Hall–Kier alpha value is -2.54. The molecule has 0 saturated heterocycles. The standard InChI is InChI=1S/C11H10N6O/c18-7-8-2-1-3-9(6-8)12-10-4-5-11-13-15-16-17(11)14-10/h1-6,18H,7H2,(H,12,14). The molecule has 7 heteroatoms. The molecule has 0 aliphatic carbocycles. The van der Waals surface area contributed by atoms with E-state index in [4.69, 9.17) is 5.11 Å². The molecule has 0 aliphatic heterocycles. The molecule has 0 spiro atoms. The Labute approximate surface area is 102 Å². The maximum Gasteiger partial charge on any atom is 0.200 e. The number of aromatic nitrogens is 5. The molecular weight excluding hydrogens is 232 g/mol. The number of hydrogen-bond donors (Lipinski definition) is 2. The molecule has 2 heterocycles. The van der Waals surface area contributed by atoms with Gasteiger partial charge in [-0.1, -0.05) is 12.1 Å². The van der Waals surface area contributed by atoms with Gasteiger partial charge in [-0.25, -0.2) is 0 Å². The minimum atomic E-state index is 0.00891. The van der Waals surface area contributed by atoms with Crippen molar-refractivity contribution < 1.29 is 5.11 Å². The summed E-state index contributed by atoms with van der Waals surface area (Å²) in [6.45, 7) is 0.00891. The van der Waals surface area contributed by atoms with Gasteiger partial charge in [0.2, 0.25) is 0 Å². The average molecular weight is 242 g/mol. The predicted octanol–water partition coefficient (Wildman–Crippen LogP) is 0.755. The Bertz CT molecular complexity index is 680. The van der Waals surface area contributed by atoms with Gasteiger partial charge >= 0.3 is 0 Å². The van der Waals surface area contributed by atoms with Crippen LogP contribution in [-0.2, 0) is 6.61 Å². The monoisotopic (exact) mass is 242 g/mol. The third kappa shape index (κ3) is 1.98. The maximum absolute atomic E-state index is 9.07. The largest absolute Gasteiger partial charge is 0.392 e. The number of aliphatic hydroxyl groups is 1. The molecule has 0 amide bonds. The van der Waals surface area contributed by atoms with E-state index < -0.39 is 0 Å². The summed E-state index contributed by atoms with van der Waals surface area (Å²) in [5, 5.41) is 27.4. The number of aliphatic hydroxyl groups excluding tert-OH is 1. The molecular formula is C11H10N6O. The number of fused-ring (bicyclic) bond motifs is 1. The molecule has 2 N–H and O–H groups in total. The highest BCUT2D eigenvalue weighted by Crippen LogP contribution is 2.15. The molecule has 0 fully saturated rings. The molecule has 2 aromatic heterocycles. The molecule has 0 bridgehead atoms. The third-order valence-electron chi connectivity index (χ3n) is 2.45. The number of benzene rings is 1. The smallest absolute Gasteiger partial charge is 0.200 e. The Morgan fingerprint density at radius 1 is 1.22 bits per heavy atom. The number of nitrogens with zero attached hydrogens (tertiary/aromatic N) is 5. The zero-order valence-electron chi connectivity index (χ0n) is 9.35. The lowest BCUT2D eigenvalue weighted by molar-refractivity contribution is 0.282. The summed E-state index contributed by atoms with van der Waals surface area (Å²) < 4.78 is 1.35. The first-order chi connectivity index (χ1) is 8.85. The van der Waals surface area contributed by atoms with E-state index in [9.17, 15) is 0 Å². The van der Waals surface area contributed by atoms with Crippen LogP contribution in [0.3, 0.4) is 0 Å². The highest BCUT2D eigenvalue weighted by atomic mass is 16.3. The Balaban J connectivity index is 1.90. The van der Waals surface area contributed by atoms with E-state index in [1.807, 2.05) is 24.3 Å². The Morgan fingerprint density at radius 3 is 3.06 bits per heavy atom. The molecule has 0 atom stereocenters. The summed E-state index contributed by atoms with van der Waals surface area (Å²) in [6, 6.07) is 11.0. The fourth-order valence-electron chi connectivity index (χ4n) is 1.61. The van der Waals surface area contributed by atoms with Crippen molar-refractivity contribution in [2.45, 2.75) is 6.61 Å². The minimum absolute atomic E-state index is 0.00891. The van der Waals surface area contributed by atoms with Gasteiger partial charge in [-0.15, -0.1) is 14.8 Å². The molecule has 3 aromatic rings. The fourth-order valence-corrected chi connectivity index (χ4v) is 1.61. The molecule has 18 heavy (non-hydrogen) atoms. The van der Waals surface area contributed by atoms with Gasteiger partial charge in [-0.3, -0.25) is 0 Å². The highest BCUT2D eigenvalue weighted by molar-refractivity contribution is 5.57. The summed E-state index contributed by atoms with van der Waals surface area (Å²) in [5.74, 6) is 0.630. The lowest BCUT2D eigenvalue weighted by Gasteiger charge is -2.06. The van der Waals surface area contributed by atoms with Crippen molar-refractivity contribution in [2.24, 2.45) is 0 Å². The van der Waals surface area contributed by atoms with Gasteiger partial charge in [0.25, 0.3) is 0 Å². The van der Waals surface area contributed by atoms with E-state index in [2.05, 4.69) is 25.9 Å². The normalized spacial score (nSPS) is 10.7. The first-order valence-electron chi connectivity index (χ1n) is 5.37. The molecule has 0 radical (unpaired) electrons. The summed E-state index contributed by atoms with van der Waals surface area (Å²) in [4.78, 5) is 0. The van der Waals surface area contributed by atoms with Gasteiger partial charge in [0.05, 0.1) is 6.61 Å². The van der Waals surface area contributed by atoms with Crippen LogP contribution < -0.4 is 5.32 Å². The van der Waals surface area contributed by atoms with E-state index in [1.165, 1.54) is 4.63 Å². The van der Waals surface area contributed by atoms with E-state index in [0.29, 0.717) is 11.5 Å².